The van der Waals surface area contributed by atoms with Gasteiger partial charge in [0.05, 0.1) is 23.1 Å². The third-order valence-electron chi connectivity index (χ3n) is 2.42. The summed E-state index contributed by atoms with van der Waals surface area (Å²) in [6.45, 7) is 1.62. The van der Waals surface area contributed by atoms with E-state index in [0.717, 1.165) is 0 Å². The Morgan fingerprint density at radius 1 is 1.47 bits per heavy atom. The van der Waals surface area contributed by atoms with E-state index in [1.807, 2.05) is 0 Å². The minimum Gasteiger partial charge on any atom is -0.397 e. The lowest BCUT2D eigenvalue weighted by atomic mass is 10.2. The predicted molar refractivity (Wildman–Crippen MR) is 61.2 cm³/mol. The molecule has 1 aromatic heterocycles. The molecule has 0 bridgehead atoms. The fourth-order valence-electron chi connectivity index (χ4n) is 1.46. The highest BCUT2D eigenvalue weighted by Crippen LogP contribution is 2.21. The second-order valence-corrected chi connectivity index (χ2v) is 3.70. The molecule has 5 nitrogen and oxygen atoms in total. The third-order valence-corrected chi connectivity index (χ3v) is 2.42. The molecule has 0 aliphatic heterocycles. The van der Waals surface area contributed by atoms with E-state index in [9.17, 15) is 9.18 Å². The molecular weight excluding hydrogens is 223 g/mol. The number of carbonyl (C=O) groups excluding carboxylic acids is 1. The van der Waals surface area contributed by atoms with E-state index in [0.29, 0.717) is 11.3 Å². The van der Waals surface area contributed by atoms with Crippen LogP contribution in [0, 0.1) is 12.7 Å². The topological polar surface area (TPSA) is 86.9 Å². The maximum Gasteiger partial charge on any atom is 0.251 e. The molecule has 88 valence electrons. The van der Waals surface area contributed by atoms with Gasteiger partial charge in [0.2, 0.25) is 0 Å². The van der Waals surface area contributed by atoms with E-state index < -0.39 is 5.91 Å². The molecule has 0 atom stereocenters. The Morgan fingerprint density at radius 3 is 2.76 bits per heavy atom. The number of halogens is 1. The smallest absolute Gasteiger partial charge is 0.251 e. The Labute approximate surface area is 96.8 Å². The number of primary amides is 1. The fraction of sp³-hybridized carbons (Fsp3) is 0.0909. The molecule has 0 saturated heterocycles. The number of benzene rings is 1. The van der Waals surface area contributed by atoms with Gasteiger partial charge in [0.15, 0.2) is 0 Å². The molecule has 4 N–H and O–H groups in total. The molecule has 1 aromatic carbocycles. The van der Waals surface area contributed by atoms with Crippen molar-refractivity contribution in [2.45, 2.75) is 6.92 Å². The molecule has 0 unspecified atom stereocenters. The van der Waals surface area contributed by atoms with E-state index in [1.54, 1.807) is 13.0 Å². The van der Waals surface area contributed by atoms with Crippen molar-refractivity contribution in [1.29, 1.82) is 0 Å². The van der Waals surface area contributed by atoms with Crippen LogP contribution in [-0.4, -0.2) is 15.7 Å². The molecular formula is C11H11FN4O. The van der Waals surface area contributed by atoms with Crippen molar-refractivity contribution in [3.8, 4) is 5.69 Å². The van der Waals surface area contributed by atoms with Gasteiger partial charge in [-0.1, -0.05) is 0 Å². The van der Waals surface area contributed by atoms with E-state index >= 15 is 0 Å². The summed E-state index contributed by atoms with van der Waals surface area (Å²) in [4.78, 5) is 10.9. The lowest BCUT2D eigenvalue weighted by molar-refractivity contribution is 0.100. The van der Waals surface area contributed by atoms with Crippen molar-refractivity contribution in [2.75, 3.05) is 5.73 Å². The van der Waals surface area contributed by atoms with Crippen molar-refractivity contribution >= 4 is 11.6 Å². The summed E-state index contributed by atoms with van der Waals surface area (Å²) in [5, 5.41) is 3.95. The van der Waals surface area contributed by atoms with Crippen LogP contribution in [0.3, 0.4) is 0 Å². The van der Waals surface area contributed by atoms with Crippen LogP contribution in [-0.2, 0) is 0 Å². The van der Waals surface area contributed by atoms with Crippen LogP contribution >= 0.6 is 0 Å². The third kappa shape index (κ3) is 1.96. The first kappa shape index (κ1) is 11.1. The SMILES string of the molecule is Cc1cc(-n2cc(C(N)=O)cn2)c(N)cc1F. The Balaban J connectivity index is 2.52. The molecule has 0 spiro atoms. The van der Waals surface area contributed by atoms with Crippen molar-refractivity contribution in [3.05, 3.63) is 41.5 Å². The minimum absolute atomic E-state index is 0.243. The Hall–Kier alpha value is -2.37. The summed E-state index contributed by atoms with van der Waals surface area (Å²) < 4.78 is 14.6. The van der Waals surface area contributed by atoms with E-state index in [2.05, 4.69) is 5.10 Å². The zero-order valence-corrected chi connectivity index (χ0v) is 9.14. The standard InChI is InChI=1S/C11H11FN4O/c1-6-2-10(9(13)3-8(6)12)16-5-7(4-15-16)11(14)17/h2-5H,13H2,1H3,(H2,14,17). The quantitative estimate of drug-likeness (QED) is 0.760. The number of hydrogen-bond acceptors (Lipinski definition) is 3. The highest BCUT2D eigenvalue weighted by molar-refractivity contribution is 5.92. The first-order chi connectivity index (χ1) is 7.99. The van der Waals surface area contributed by atoms with Crippen LogP contribution in [0.5, 0.6) is 0 Å². The second kappa shape index (κ2) is 3.89. The summed E-state index contributed by atoms with van der Waals surface area (Å²) in [6.07, 6.45) is 2.78. The van der Waals surface area contributed by atoms with Gasteiger partial charge in [0.1, 0.15) is 5.82 Å². The van der Waals surface area contributed by atoms with Crippen LogP contribution in [0.1, 0.15) is 15.9 Å². The summed E-state index contributed by atoms with van der Waals surface area (Å²) >= 11 is 0. The minimum atomic E-state index is -0.575. The highest BCUT2D eigenvalue weighted by Gasteiger charge is 2.10. The number of aromatic nitrogens is 2. The van der Waals surface area contributed by atoms with Gasteiger partial charge in [-0.2, -0.15) is 5.10 Å². The second-order valence-electron chi connectivity index (χ2n) is 3.70. The van der Waals surface area contributed by atoms with Gasteiger partial charge in [0.25, 0.3) is 5.91 Å². The van der Waals surface area contributed by atoms with Gasteiger partial charge in [0, 0.05) is 6.20 Å². The zero-order chi connectivity index (χ0) is 12.6. The van der Waals surface area contributed by atoms with Crippen LogP contribution in [0.25, 0.3) is 5.69 Å². The van der Waals surface area contributed by atoms with E-state index in [-0.39, 0.29) is 17.1 Å². The number of amides is 1. The number of nitrogens with two attached hydrogens (primary N) is 2. The molecule has 0 saturated carbocycles. The lowest BCUT2D eigenvalue weighted by Crippen LogP contribution is -2.09. The molecule has 1 heterocycles. The van der Waals surface area contributed by atoms with Crippen molar-refractivity contribution in [2.24, 2.45) is 5.73 Å². The summed E-state index contributed by atoms with van der Waals surface area (Å²) in [6, 6.07) is 2.78. The fourth-order valence-corrected chi connectivity index (χ4v) is 1.46. The zero-order valence-electron chi connectivity index (χ0n) is 9.14. The van der Waals surface area contributed by atoms with Gasteiger partial charge in [-0.15, -0.1) is 0 Å². The maximum atomic E-state index is 13.2. The number of hydrogen-bond donors (Lipinski definition) is 2. The Kier molecular flexibility index (Phi) is 2.55. The number of aryl methyl sites for hydroxylation is 1. The first-order valence-corrected chi connectivity index (χ1v) is 4.89. The van der Waals surface area contributed by atoms with Crippen LogP contribution < -0.4 is 11.5 Å². The number of nitrogens with zero attached hydrogens (tertiary/aromatic N) is 2. The average molecular weight is 234 g/mol. The van der Waals surface area contributed by atoms with Gasteiger partial charge in [-0.25, -0.2) is 9.07 Å². The normalized spacial score (nSPS) is 10.5. The maximum absolute atomic E-state index is 13.2. The molecule has 0 aliphatic rings. The summed E-state index contributed by atoms with van der Waals surface area (Å²) in [5.74, 6) is -0.956. The monoisotopic (exact) mass is 234 g/mol. The van der Waals surface area contributed by atoms with Crippen LogP contribution in [0.2, 0.25) is 0 Å². The average Bonchev–Trinajstić information content (AvgIpc) is 2.72. The number of carbonyl (C=O) groups is 1. The molecule has 17 heavy (non-hydrogen) atoms. The van der Waals surface area contributed by atoms with Gasteiger partial charge < -0.3 is 11.5 Å². The number of rotatable bonds is 2. The summed E-state index contributed by atoms with van der Waals surface area (Å²) in [7, 11) is 0. The van der Waals surface area contributed by atoms with Crippen molar-refractivity contribution < 1.29 is 9.18 Å². The molecule has 2 aromatic rings. The van der Waals surface area contributed by atoms with E-state index in [4.69, 9.17) is 11.5 Å². The van der Waals surface area contributed by atoms with Gasteiger partial charge >= 0.3 is 0 Å². The number of anilines is 1. The van der Waals surface area contributed by atoms with Crippen molar-refractivity contribution in [3.63, 3.8) is 0 Å². The first-order valence-electron chi connectivity index (χ1n) is 4.89. The number of nitrogen functional groups attached to an aromatic ring is 1. The highest BCUT2D eigenvalue weighted by atomic mass is 19.1. The molecule has 1 amide bonds. The summed E-state index contributed by atoms with van der Waals surface area (Å²) in [5.41, 5.74) is 12.3. The molecule has 0 radical (unpaired) electrons. The van der Waals surface area contributed by atoms with Gasteiger partial charge in [-0.3, -0.25) is 4.79 Å². The van der Waals surface area contributed by atoms with Gasteiger partial charge in [-0.05, 0) is 24.6 Å². The van der Waals surface area contributed by atoms with Crippen molar-refractivity contribution in [1.82, 2.24) is 9.78 Å². The lowest BCUT2D eigenvalue weighted by Gasteiger charge is -2.07. The Bertz CT molecular complexity index is 591. The predicted octanol–water partition coefficient (Wildman–Crippen LogP) is 1.00. The molecule has 0 fully saturated rings. The Morgan fingerprint density at radius 2 is 2.18 bits per heavy atom. The van der Waals surface area contributed by atoms with Crippen LogP contribution in [0.15, 0.2) is 24.5 Å². The van der Waals surface area contributed by atoms with E-state index in [1.165, 1.54) is 23.1 Å². The molecule has 2 rings (SSSR count). The molecule has 0 aliphatic carbocycles. The van der Waals surface area contributed by atoms with Crippen LogP contribution in [0.4, 0.5) is 10.1 Å². The largest absolute Gasteiger partial charge is 0.397 e. The molecule has 6 heteroatoms.